The standard InChI is InChI=1S/C23H24N8O3/c1-4-6-11-31-13-25-21(30-31)15-9-10-24-22(20(15)34-3)26-16-12-18(27-23(33)14-7-8-14)28-29-19(16)17(32)5-2/h1,9-10,12-14H,5-8,11H2,2-3H3,(H2,24,26,27,28,33). The molecule has 11 nitrogen and oxygen atoms in total. The number of methoxy groups -OCH3 is 1. The fourth-order valence-electron chi connectivity index (χ4n) is 3.25. The van der Waals surface area contributed by atoms with E-state index in [1.807, 2.05) is 0 Å². The van der Waals surface area contributed by atoms with Crippen molar-refractivity contribution in [2.45, 2.75) is 39.2 Å². The summed E-state index contributed by atoms with van der Waals surface area (Å²) in [6.45, 7) is 2.28. The Bertz CT molecular complexity index is 1260. The summed E-state index contributed by atoms with van der Waals surface area (Å²) < 4.78 is 7.27. The highest BCUT2D eigenvalue weighted by Gasteiger charge is 2.30. The van der Waals surface area contributed by atoms with E-state index in [1.165, 1.54) is 7.11 Å². The number of carbonyl (C=O) groups is 2. The molecule has 3 aromatic heterocycles. The van der Waals surface area contributed by atoms with Crippen LogP contribution in [-0.4, -0.2) is 48.7 Å². The number of terminal acetylenes is 1. The van der Waals surface area contributed by atoms with E-state index in [1.54, 1.807) is 36.3 Å². The van der Waals surface area contributed by atoms with Crippen LogP contribution in [0.25, 0.3) is 11.4 Å². The lowest BCUT2D eigenvalue weighted by molar-refractivity contribution is -0.117. The zero-order chi connectivity index (χ0) is 24.1. The highest BCUT2D eigenvalue weighted by atomic mass is 16.5. The maximum atomic E-state index is 12.5. The van der Waals surface area contributed by atoms with Gasteiger partial charge in [0.25, 0.3) is 0 Å². The highest BCUT2D eigenvalue weighted by Crippen LogP contribution is 2.36. The molecule has 4 rings (SSSR count). The smallest absolute Gasteiger partial charge is 0.228 e. The van der Waals surface area contributed by atoms with Gasteiger partial charge in [-0.1, -0.05) is 6.92 Å². The van der Waals surface area contributed by atoms with Crippen molar-refractivity contribution in [2.75, 3.05) is 17.7 Å². The number of nitrogens with one attached hydrogen (secondary N) is 2. The largest absolute Gasteiger partial charge is 0.492 e. The van der Waals surface area contributed by atoms with Gasteiger partial charge in [-0.3, -0.25) is 14.3 Å². The summed E-state index contributed by atoms with van der Waals surface area (Å²) in [5.41, 5.74) is 1.09. The van der Waals surface area contributed by atoms with E-state index in [-0.39, 0.29) is 35.5 Å². The molecule has 3 aromatic rings. The number of amides is 1. The Morgan fingerprint density at radius 3 is 2.82 bits per heavy atom. The second-order valence-electron chi connectivity index (χ2n) is 7.68. The number of carbonyl (C=O) groups excluding carboxylic acids is 2. The Morgan fingerprint density at radius 1 is 1.29 bits per heavy atom. The van der Waals surface area contributed by atoms with Crippen LogP contribution in [0.1, 0.15) is 43.1 Å². The predicted octanol–water partition coefficient (Wildman–Crippen LogP) is 2.85. The number of hydrogen-bond donors (Lipinski definition) is 2. The van der Waals surface area contributed by atoms with Crippen molar-refractivity contribution in [3.05, 3.63) is 30.4 Å². The molecule has 1 aliphatic carbocycles. The van der Waals surface area contributed by atoms with E-state index in [4.69, 9.17) is 11.2 Å². The van der Waals surface area contributed by atoms with Gasteiger partial charge in [-0.15, -0.1) is 22.5 Å². The molecular formula is C23H24N8O3. The quantitative estimate of drug-likeness (QED) is 0.345. The van der Waals surface area contributed by atoms with Crippen LogP contribution in [0.15, 0.2) is 24.7 Å². The third kappa shape index (κ3) is 5.01. The molecule has 0 aliphatic heterocycles. The fraction of sp³-hybridized carbons (Fsp3) is 0.348. The first kappa shape index (κ1) is 22.8. The minimum atomic E-state index is -0.209. The van der Waals surface area contributed by atoms with E-state index in [0.29, 0.717) is 41.6 Å². The van der Waals surface area contributed by atoms with Gasteiger partial charge >= 0.3 is 0 Å². The lowest BCUT2D eigenvalue weighted by Crippen LogP contribution is -2.16. The van der Waals surface area contributed by atoms with Gasteiger partial charge in [-0.2, -0.15) is 5.10 Å². The molecule has 0 spiro atoms. The van der Waals surface area contributed by atoms with Gasteiger partial charge in [-0.25, -0.2) is 9.97 Å². The van der Waals surface area contributed by atoms with Crippen molar-refractivity contribution in [3.63, 3.8) is 0 Å². The van der Waals surface area contributed by atoms with Gasteiger partial charge in [0, 0.05) is 31.0 Å². The molecule has 34 heavy (non-hydrogen) atoms. The normalized spacial score (nSPS) is 12.6. The molecule has 0 unspecified atom stereocenters. The molecule has 1 saturated carbocycles. The van der Waals surface area contributed by atoms with E-state index < -0.39 is 0 Å². The van der Waals surface area contributed by atoms with Gasteiger partial charge < -0.3 is 15.4 Å². The number of pyridine rings is 1. The minimum absolute atomic E-state index is 0.00143. The van der Waals surface area contributed by atoms with Crippen LogP contribution in [0.2, 0.25) is 0 Å². The molecule has 0 bridgehead atoms. The van der Waals surface area contributed by atoms with Gasteiger partial charge in [0.1, 0.15) is 6.33 Å². The van der Waals surface area contributed by atoms with Gasteiger partial charge in [0.15, 0.2) is 34.7 Å². The van der Waals surface area contributed by atoms with Crippen LogP contribution in [0, 0.1) is 18.3 Å². The average molecular weight is 460 g/mol. The number of aromatic nitrogens is 6. The predicted molar refractivity (Wildman–Crippen MR) is 125 cm³/mol. The van der Waals surface area contributed by atoms with Crippen LogP contribution >= 0.6 is 0 Å². The number of rotatable bonds is 10. The first-order valence-corrected chi connectivity index (χ1v) is 10.9. The van der Waals surface area contributed by atoms with Gasteiger partial charge in [0.05, 0.1) is 24.9 Å². The van der Waals surface area contributed by atoms with Gasteiger partial charge in [0.2, 0.25) is 5.91 Å². The number of hydrogen-bond acceptors (Lipinski definition) is 9. The van der Waals surface area contributed by atoms with E-state index in [2.05, 4.69) is 41.8 Å². The molecular weight excluding hydrogens is 436 g/mol. The molecule has 11 heteroatoms. The van der Waals surface area contributed by atoms with Gasteiger partial charge in [-0.05, 0) is 18.9 Å². The Labute approximate surface area is 196 Å². The lowest BCUT2D eigenvalue weighted by atomic mass is 10.1. The molecule has 1 aliphatic rings. The molecule has 0 radical (unpaired) electrons. The number of nitrogens with zero attached hydrogens (tertiary/aromatic N) is 6. The Kier molecular flexibility index (Phi) is 6.77. The summed E-state index contributed by atoms with van der Waals surface area (Å²) in [6.07, 6.45) is 11.0. The third-order valence-electron chi connectivity index (χ3n) is 5.20. The zero-order valence-electron chi connectivity index (χ0n) is 18.9. The summed E-state index contributed by atoms with van der Waals surface area (Å²) in [5, 5.41) is 18.4. The summed E-state index contributed by atoms with van der Waals surface area (Å²) in [6, 6.07) is 3.30. The molecule has 174 valence electrons. The van der Waals surface area contributed by atoms with Crippen molar-refractivity contribution in [1.82, 2.24) is 29.9 Å². The van der Waals surface area contributed by atoms with E-state index in [0.717, 1.165) is 12.8 Å². The van der Waals surface area contributed by atoms with Crippen LogP contribution < -0.4 is 15.4 Å². The van der Waals surface area contributed by atoms with Crippen molar-refractivity contribution >= 4 is 29.0 Å². The summed E-state index contributed by atoms with van der Waals surface area (Å²) >= 11 is 0. The number of aryl methyl sites for hydroxylation is 1. The summed E-state index contributed by atoms with van der Waals surface area (Å²) in [7, 11) is 1.51. The molecule has 1 fully saturated rings. The highest BCUT2D eigenvalue weighted by molar-refractivity contribution is 6.01. The topological polar surface area (TPSA) is 137 Å². The number of anilines is 3. The maximum Gasteiger partial charge on any atom is 0.228 e. The first-order valence-electron chi connectivity index (χ1n) is 10.9. The number of ether oxygens (including phenoxy) is 1. The summed E-state index contributed by atoms with van der Waals surface area (Å²) in [5.74, 6) is 3.65. The number of ketones is 1. The SMILES string of the molecule is C#CCCn1cnc(-c2ccnc(Nc3cc(NC(=O)C4CC4)nnc3C(=O)CC)c2OC)n1. The number of Topliss-reactive ketones (excluding diaryl/α,β-unsaturated/α-hetero) is 1. The Balaban J connectivity index is 1.67. The maximum absolute atomic E-state index is 12.5. The molecule has 3 heterocycles. The first-order chi connectivity index (χ1) is 16.5. The summed E-state index contributed by atoms with van der Waals surface area (Å²) in [4.78, 5) is 33.4. The van der Waals surface area contributed by atoms with Crippen LogP contribution in [0.4, 0.5) is 17.3 Å². The second-order valence-corrected chi connectivity index (χ2v) is 7.68. The fourth-order valence-corrected chi connectivity index (χ4v) is 3.25. The lowest BCUT2D eigenvalue weighted by Gasteiger charge is -2.15. The van der Waals surface area contributed by atoms with Crippen LogP contribution in [0.5, 0.6) is 5.75 Å². The Morgan fingerprint density at radius 2 is 2.12 bits per heavy atom. The van der Waals surface area contributed by atoms with Crippen molar-refractivity contribution < 1.29 is 14.3 Å². The molecule has 2 N–H and O–H groups in total. The molecule has 1 amide bonds. The second kappa shape index (κ2) is 10.1. The Hall–Kier alpha value is -4.33. The monoisotopic (exact) mass is 460 g/mol. The molecule has 0 aromatic carbocycles. The van der Waals surface area contributed by atoms with E-state index >= 15 is 0 Å². The van der Waals surface area contributed by atoms with Crippen LogP contribution in [-0.2, 0) is 11.3 Å². The van der Waals surface area contributed by atoms with Crippen molar-refractivity contribution in [3.8, 4) is 29.5 Å². The van der Waals surface area contributed by atoms with E-state index in [9.17, 15) is 9.59 Å². The molecule has 0 saturated heterocycles. The van der Waals surface area contributed by atoms with Crippen molar-refractivity contribution in [2.24, 2.45) is 5.92 Å². The third-order valence-corrected chi connectivity index (χ3v) is 5.20. The molecule has 0 atom stereocenters. The van der Waals surface area contributed by atoms with Crippen molar-refractivity contribution in [1.29, 1.82) is 0 Å². The minimum Gasteiger partial charge on any atom is -0.492 e. The average Bonchev–Trinajstić information content (AvgIpc) is 3.60. The zero-order valence-corrected chi connectivity index (χ0v) is 18.9. The van der Waals surface area contributed by atoms with Crippen LogP contribution in [0.3, 0.4) is 0 Å².